The summed E-state index contributed by atoms with van der Waals surface area (Å²) in [5.41, 5.74) is -0.750. The second kappa shape index (κ2) is 5.25. The Balaban J connectivity index is 1.52. The van der Waals surface area contributed by atoms with Crippen molar-refractivity contribution in [2.24, 2.45) is 22.2 Å². The second-order valence-corrected chi connectivity index (χ2v) is 8.57. The fourth-order valence-electron chi connectivity index (χ4n) is 5.03. The molecule has 2 heterocycles. The smallest absolute Gasteiger partial charge is 0.150 e. The van der Waals surface area contributed by atoms with Crippen molar-refractivity contribution >= 4 is 5.78 Å². The molecule has 4 fully saturated rings. The summed E-state index contributed by atoms with van der Waals surface area (Å²) in [6, 6.07) is 0. The third kappa shape index (κ3) is 2.39. The maximum Gasteiger partial charge on any atom is 0.150 e. The molecule has 4 aliphatic rings. The number of carbonyl (C=O) groups is 1. The van der Waals surface area contributed by atoms with Gasteiger partial charge in [-0.05, 0) is 24.2 Å². The molecule has 2 saturated heterocycles. The lowest BCUT2D eigenvalue weighted by atomic mass is 9.69. The molecule has 130 valence electrons. The molecule has 0 aromatic heterocycles. The summed E-state index contributed by atoms with van der Waals surface area (Å²) < 4.78 is 22.3. The van der Waals surface area contributed by atoms with E-state index in [4.69, 9.17) is 18.9 Å². The summed E-state index contributed by atoms with van der Waals surface area (Å²) in [5, 5.41) is 0. The number of Topliss-reactive ketones (excluding diaryl/α,β-unsaturated/α-hetero) is 1. The van der Waals surface area contributed by atoms with Gasteiger partial charge in [0.05, 0.1) is 45.1 Å². The van der Waals surface area contributed by atoms with E-state index in [-0.39, 0.29) is 23.0 Å². The molecular formula is C18H28O5. The minimum atomic E-state index is -0.500. The van der Waals surface area contributed by atoms with Crippen LogP contribution in [-0.2, 0) is 23.7 Å². The number of fused-ring (bicyclic) bond motifs is 2. The highest BCUT2D eigenvalue weighted by Gasteiger charge is 2.72. The van der Waals surface area contributed by atoms with Crippen LogP contribution in [0.4, 0.5) is 0 Å². The summed E-state index contributed by atoms with van der Waals surface area (Å²) >= 11 is 0. The number of rotatable bonds is 8. The molecule has 2 saturated carbocycles. The lowest BCUT2D eigenvalue weighted by molar-refractivity contribution is -0.147. The van der Waals surface area contributed by atoms with E-state index in [2.05, 4.69) is 20.8 Å². The first-order valence-electron chi connectivity index (χ1n) is 8.84. The molecule has 23 heavy (non-hydrogen) atoms. The van der Waals surface area contributed by atoms with Crippen molar-refractivity contribution in [1.82, 2.24) is 0 Å². The van der Waals surface area contributed by atoms with Gasteiger partial charge in [-0.15, -0.1) is 0 Å². The van der Waals surface area contributed by atoms with Crippen LogP contribution < -0.4 is 0 Å². The van der Waals surface area contributed by atoms with Crippen molar-refractivity contribution in [3.63, 3.8) is 0 Å². The van der Waals surface area contributed by atoms with Crippen LogP contribution in [-0.4, -0.2) is 57.6 Å². The zero-order chi connectivity index (χ0) is 16.3. The lowest BCUT2D eigenvalue weighted by Crippen LogP contribution is -2.47. The molecule has 0 aromatic carbocycles. The van der Waals surface area contributed by atoms with Gasteiger partial charge in [0.15, 0.2) is 0 Å². The van der Waals surface area contributed by atoms with Gasteiger partial charge in [-0.2, -0.15) is 0 Å². The van der Waals surface area contributed by atoms with E-state index in [0.717, 1.165) is 26.1 Å². The van der Waals surface area contributed by atoms with E-state index in [1.165, 1.54) is 0 Å². The number of ether oxygens (including phenoxy) is 4. The van der Waals surface area contributed by atoms with E-state index >= 15 is 0 Å². The Hall–Kier alpha value is -0.490. The molecule has 0 radical (unpaired) electrons. The molecule has 4 atom stereocenters. The van der Waals surface area contributed by atoms with Crippen molar-refractivity contribution < 1.29 is 23.7 Å². The summed E-state index contributed by atoms with van der Waals surface area (Å²) in [5.74, 6) is 0.674. The van der Waals surface area contributed by atoms with E-state index < -0.39 is 5.41 Å². The molecule has 5 heteroatoms. The summed E-state index contributed by atoms with van der Waals surface area (Å²) in [7, 11) is 0. The highest BCUT2D eigenvalue weighted by Crippen LogP contribution is 2.70. The van der Waals surface area contributed by atoms with Crippen molar-refractivity contribution in [2.75, 3.05) is 39.6 Å². The average molecular weight is 324 g/mol. The standard InChI is InChI=1S/C18H28O5/c1-16(2)14-4-5-17(16,3)15(19)18(14,10-20-6-12-8-22-12)11-21-7-13-9-23-13/h12-14H,4-11H2,1-3H3. The van der Waals surface area contributed by atoms with Crippen molar-refractivity contribution in [3.8, 4) is 0 Å². The van der Waals surface area contributed by atoms with Gasteiger partial charge < -0.3 is 18.9 Å². The summed E-state index contributed by atoms with van der Waals surface area (Å²) in [6.07, 6.45) is 2.53. The molecule has 0 N–H and O–H groups in total. The minimum absolute atomic E-state index is 0.00294. The molecule has 2 aliphatic carbocycles. The number of hydrogen-bond acceptors (Lipinski definition) is 5. The summed E-state index contributed by atoms with van der Waals surface area (Å²) in [6.45, 7) is 10.3. The average Bonchev–Trinajstić information content (AvgIpc) is 3.38. The Morgan fingerprint density at radius 2 is 1.57 bits per heavy atom. The van der Waals surface area contributed by atoms with Crippen LogP contribution in [0.5, 0.6) is 0 Å². The van der Waals surface area contributed by atoms with Gasteiger partial charge in [-0.3, -0.25) is 4.79 Å². The molecular weight excluding hydrogens is 296 g/mol. The number of carbonyl (C=O) groups excluding carboxylic acids is 1. The van der Waals surface area contributed by atoms with Crippen LogP contribution in [0.1, 0.15) is 33.6 Å². The van der Waals surface area contributed by atoms with Gasteiger partial charge in [0, 0.05) is 5.41 Å². The fourth-order valence-corrected chi connectivity index (χ4v) is 5.03. The molecule has 2 aliphatic heterocycles. The SMILES string of the molecule is CC12CCC(C(COCC3CO3)(COCC3CO3)C1=O)C2(C)C. The van der Waals surface area contributed by atoms with Gasteiger partial charge in [0.25, 0.3) is 0 Å². The fraction of sp³-hybridized carbons (Fsp3) is 0.944. The Bertz CT molecular complexity index is 476. The van der Waals surface area contributed by atoms with Crippen LogP contribution in [0, 0.1) is 22.2 Å². The summed E-state index contributed by atoms with van der Waals surface area (Å²) in [4.78, 5) is 13.4. The van der Waals surface area contributed by atoms with E-state index in [1.54, 1.807) is 0 Å². The van der Waals surface area contributed by atoms with Crippen LogP contribution in [0.25, 0.3) is 0 Å². The normalized spacial score (nSPS) is 46.4. The lowest BCUT2D eigenvalue weighted by Gasteiger charge is -2.37. The van der Waals surface area contributed by atoms with Crippen LogP contribution >= 0.6 is 0 Å². The largest absolute Gasteiger partial charge is 0.378 e. The van der Waals surface area contributed by atoms with Crippen molar-refractivity contribution in [1.29, 1.82) is 0 Å². The first-order valence-corrected chi connectivity index (χ1v) is 8.84. The van der Waals surface area contributed by atoms with Gasteiger partial charge in [-0.25, -0.2) is 0 Å². The molecule has 5 nitrogen and oxygen atoms in total. The van der Waals surface area contributed by atoms with Gasteiger partial charge in [-0.1, -0.05) is 20.8 Å². The third-order valence-electron chi connectivity index (χ3n) is 6.98. The maximum atomic E-state index is 13.4. The quantitative estimate of drug-likeness (QED) is 0.638. The predicted octanol–water partition coefficient (Wildman–Crippen LogP) is 1.83. The maximum absolute atomic E-state index is 13.4. The van der Waals surface area contributed by atoms with Gasteiger partial charge >= 0.3 is 0 Å². The minimum Gasteiger partial charge on any atom is -0.378 e. The molecule has 0 aromatic rings. The highest BCUT2D eigenvalue weighted by molar-refractivity contribution is 5.95. The molecule has 2 bridgehead atoms. The first-order chi connectivity index (χ1) is 10.9. The van der Waals surface area contributed by atoms with E-state index in [0.29, 0.717) is 38.1 Å². The number of epoxide rings is 2. The third-order valence-corrected chi connectivity index (χ3v) is 6.98. The van der Waals surface area contributed by atoms with Gasteiger partial charge in [0.2, 0.25) is 0 Å². The first kappa shape index (κ1) is 16.0. The highest BCUT2D eigenvalue weighted by atomic mass is 16.6. The second-order valence-electron chi connectivity index (χ2n) is 8.57. The van der Waals surface area contributed by atoms with Crippen molar-refractivity contribution in [2.45, 2.75) is 45.8 Å². The van der Waals surface area contributed by atoms with E-state index in [9.17, 15) is 4.79 Å². The Kier molecular flexibility index (Phi) is 3.65. The van der Waals surface area contributed by atoms with Crippen molar-refractivity contribution in [3.05, 3.63) is 0 Å². The zero-order valence-corrected chi connectivity index (χ0v) is 14.4. The Morgan fingerprint density at radius 1 is 1.04 bits per heavy atom. The predicted molar refractivity (Wildman–Crippen MR) is 83.2 cm³/mol. The molecule has 0 amide bonds. The van der Waals surface area contributed by atoms with E-state index in [1.807, 2.05) is 0 Å². The number of ketones is 1. The molecule has 4 unspecified atom stereocenters. The van der Waals surface area contributed by atoms with Crippen LogP contribution in [0.3, 0.4) is 0 Å². The van der Waals surface area contributed by atoms with Crippen LogP contribution in [0.15, 0.2) is 0 Å². The van der Waals surface area contributed by atoms with Gasteiger partial charge in [0.1, 0.15) is 18.0 Å². The molecule has 4 rings (SSSR count). The topological polar surface area (TPSA) is 60.6 Å². The monoisotopic (exact) mass is 324 g/mol. The Morgan fingerprint density at radius 3 is 1.96 bits per heavy atom. The molecule has 0 spiro atoms. The van der Waals surface area contributed by atoms with Crippen LogP contribution in [0.2, 0.25) is 0 Å². The number of hydrogen-bond donors (Lipinski definition) is 0. The Labute approximate surface area is 138 Å². The zero-order valence-electron chi connectivity index (χ0n) is 14.4.